The Bertz CT molecular complexity index is 840. The third-order valence-electron chi connectivity index (χ3n) is 3.38. The van der Waals surface area contributed by atoms with Gasteiger partial charge < -0.3 is 0 Å². The molecule has 1 aromatic heterocycles. The van der Waals surface area contributed by atoms with E-state index in [4.69, 9.17) is 23.2 Å². The van der Waals surface area contributed by atoms with E-state index in [0.717, 1.165) is 23.8 Å². The highest BCUT2D eigenvalue weighted by Gasteiger charge is 2.29. The topological polar surface area (TPSA) is 50.3 Å². The SMILES string of the molecule is O=S(=O)(c1cnc2c(F)cc(Cl)cc2c1Cl)N1CCSCC1. The minimum absolute atomic E-state index is 0.00236. The largest absolute Gasteiger partial charge is 0.252 e. The van der Waals surface area contributed by atoms with Gasteiger partial charge in [-0.2, -0.15) is 16.1 Å². The predicted molar refractivity (Wildman–Crippen MR) is 87.8 cm³/mol. The number of nitrogens with zero attached hydrogens (tertiary/aromatic N) is 2. The van der Waals surface area contributed by atoms with E-state index in [1.807, 2.05) is 0 Å². The van der Waals surface area contributed by atoms with Crippen molar-refractivity contribution in [2.24, 2.45) is 0 Å². The summed E-state index contributed by atoms with van der Waals surface area (Å²) in [6.45, 7) is 0.844. The van der Waals surface area contributed by atoms with Gasteiger partial charge in [0.05, 0.1) is 5.02 Å². The van der Waals surface area contributed by atoms with Gasteiger partial charge in [-0.15, -0.1) is 0 Å². The molecule has 118 valence electrons. The Balaban J connectivity index is 2.17. The lowest BCUT2D eigenvalue weighted by atomic mass is 10.2. The van der Waals surface area contributed by atoms with Gasteiger partial charge in [0.1, 0.15) is 10.4 Å². The van der Waals surface area contributed by atoms with E-state index >= 15 is 0 Å². The molecular formula is C13H11Cl2FN2O2S2. The van der Waals surface area contributed by atoms with Crippen LogP contribution in [0.5, 0.6) is 0 Å². The van der Waals surface area contributed by atoms with E-state index in [1.54, 1.807) is 11.8 Å². The molecule has 0 amide bonds. The van der Waals surface area contributed by atoms with Crippen LogP contribution in [0, 0.1) is 5.82 Å². The fourth-order valence-electron chi connectivity index (χ4n) is 2.28. The molecule has 1 aliphatic heterocycles. The van der Waals surface area contributed by atoms with Gasteiger partial charge in [-0.3, -0.25) is 4.98 Å². The van der Waals surface area contributed by atoms with Crippen LogP contribution in [0.15, 0.2) is 23.2 Å². The van der Waals surface area contributed by atoms with Crippen LogP contribution in [-0.4, -0.2) is 42.3 Å². The Morgan fingerprint density at radius 1 is 1.23 bits per heavy atom. The molecule has 2 heterocycles. The number of hydrogen-bond donors (Lipinski definition) is 0. The van der Waals surface area contributed by atoms with Crippen LogP contribution in [0.2, 0.25) is 10.0 Å². The van der Waals surface area contributed by atoms with E-state index in [-0.39, 0.29) is 25.8 Å². The molecule has 1 saturated heterocycles. The molecule has 1 fully saturated rings. The van der Waals surface area contributed by atoms with Gasteiger partial charge in [0, 0.05) is 41.2 Å². The van der Waals surface area contributed by atoms with Crippen molar-refractivity contribution >= 4 is 55.9 Å². The highest BCUT2D eigenvalue weighted by Crippen LogP contribution is 2.34. The number of pyridine rings is 1. The Labute approximate surface area is 141 Å². The Morgan fingerprint density at radius 3 is 2.59 bits per heavy atom. The van der Waals surface area contributed by atoms with Crippen molar-refractivity contribution < 1.29 is 12.8 Å². The number of hydrogen-bond acceptors (Lipinski definition) is 4. The maximum absolute atomic E-state index is 13.8. The number of thioether (sulfide) groups is 1. The van der Waals surface area contributed by atoms with E-state index in [1.165, 1.54) is 10.4 Å². The quantitative estimate of drug-likeness (QED) is 0.800. The molecule has 4 nitrogen and oxygen atoms in total. The summed E-state index contributed by atoms with van der Waals surface area (Å²) >= 11 is 13.7. The first-order valence-corrected chi connectivity index (χ1v) is 9.77. The van der Waals surface area contributed by atoms with E-state index in [0.29, 0.717) is 13.1 Å². The monoisotopic (exact) mass is 380 g/mol. The van der Waals surface area contributed by atoms with E-state index in [9.17, 15) is 12.8 Å². The molecule has 0 radical (unpaired) electrons. The summed E-state index contributed by atoms with van der Waals surface area (Å²) in [5.74, 6) is 0.833. The molecule has 22 heavy (non-hydrogen) atoms. The number of fused-ring (bicyclic) bond motifs is 1. The second-order valence-corrected chi connectivity index (χ2v) is 8.68. The lowest BCUT2D eigenvalue weighted by molar-refractivity contribution is 0.443. The molecule has 0 N–H and O–H groups in total. The van der Waals surface area contributed by atoms with Gasteiger partial charge >= 0.3 is 0 Å². The molecule has 0 bridgehead atoms. The van der Waals surface area contributed by atoms with Crippen molar-refractivity contribution in [2.75, 3.05) is 24.6 Å². The lowest BCUT2D eigenvalue weighted by Gasteiger charge is -2.26. The average molecular weight is 381 g/mol. The van der Waals surface area contributed by atoms with Crippen LogP contribution in [0.3, 0.4) is 0 Å². The zero-order valence-electron chi connectivity index (χ0n) is 11.2. The minimum atomic E-state index is -3.75. The summed E-state index contributed by atoms with van der Waals surface area (Å²) in [7, 11) is -3.75. The molecular weight excluding hydrogens is 370 g/mol. The number of aromatic nitrogens is 1. The maximum atomic E-state index is 13.8. The Hall–Kier alpha value is -0.600. The number of sulfonamides is 1. The standard InChI is InChI=1S/C13H11Cl2FN2O2S2/c14-8-5-9-12(15)11(7-17-13(9)10(16)6-8)22(19,20)18-1-3-21-4-2-18/h5-7H,1-4H2. The van der Waals surface area contributed by atoms with E-state index in [2.05, 4.69) is 4.98 Å². The average Bonchev–Trinajstić information content (AvgIpc) is 2.49. The summed E-state index contributed by atoms with van der Waals surface area (Å²) in [6.07, 6.45) is 1.11. The van der Waals surface area contributed by atoms with Crippen LogP contribution in [0.1, 0.15) is 0 Å². The highest BCUT2D eigenvalue weighted by molar-refractivity contribution is 7.99. The molecule has 9 heteroatoms. The second kappa shape index (κ2) is 6.13. The summed E-state index contributed by atoms with van der Waals surface area (Å²) in [6, 6.07) is 2.53. The molecule has 0 saturated carbocycles. The zero-order valence-corrected chi connectivity index (χ0v) is 14.4. The third kappa shape index (κ3) is 2.80. The van der Waals surface area contributed by atoms with Gasteiger partial charge in [-0.1, -0.05) is 23.2 Å². The number of benzene rings is 1. The highest BCUT2D eigenvalue weighted by atomic mass is 35.5. The lowest BCUT2D eigenvalue weighted by Crippen LogP contribution is -2.38. The summed E-state index contributed by atoms with van der Waals surface area (Å²) < 4.78 is 40.6. The van der Waals surface area contributed by atoms with Crippen molar-refractivity contribution in [1.82, 2.24) is 9.29 Å². The Morgan fingerprint density at radius 2 is 1.91 bits per heavy atom. The fourth-order valence-corrected chi connectivity index (χ4v) is 5.57. The molecule has 2 aromatic rings. The normalized spacial score (nSPS) is 17.0. The van der Waals surface area contributed by atoms with Crippen LogP contribution >= 0.6 is 35.0 Å². The van der Waals surface area contributed by atoms with Gasteiger partial charge in [0.15, 0.2) is 5.82 Å². The van der Waals surface area contributed by atoms with Gasteiger partial charge in [-0.25, -0.2) is 12.8 Å². The van der Waals surface area contributed by atoms with Gasteiger partial charge in [-0.05, 0) is 12.1 Å². The first kappa shape index (κ1) is 16.3. The minimum Gasteiger partial charge on any atom is -0.252 e. The second-order valence-electron chi connectivity index (χ2n) is 4.74. The van der Waals surface area contributed by atoms with Crippen LogP contribution in [-0.2, 0) is 10.0 Å². The maximum Gasteiger partial charge on any atom is 0.246 e. The first-order chi connectivity index (χ1) is 10.4. The van der Waals surface area contributed by atoms with Crippen molar-refractivity contribution in [1.29, 1.82) is 0 Å². The van der Waals surface area contributed by atoms with Crippen LogP contribution in [0.4, 0.5) is 4.39 Å². The van der Waals surface area contributed by atoms with Crippen molar-refractivity contribution in [3.63, 3.8) is 0 Å². The fraction of sp³-hybridized carbons (Fsp3) is 0.308. The summed E-state index contributed by atoms with van der Waals surface area (Å²) in [4.78, 5) is 3.80. The predicted octanol–water partition coefficient (Wildman–Crippen LogP) is 3.42. The van der Waals surface area contributed by atoms with Crippen molar-refractivity contribution in [3.05, 3.63) is 34.2 Å². The molecule has 1 aromatic carbocycles. The molecule has 0 aliphatic carbocycles. The molecule has 0 spiro atoms. The van der Waals surface area contributed by atoms with Crippen LogP contribution in [0.25, 0.3) is 10.9 Å². The molecule has 3 rings (SSSR count). The van der Waals surface area contributed by atoms with Crippen LogP contribution < -0.4 is 0 Å². The first-order valence-electron chi connectivity index (χ1n) is 6.42. The number of rotatable bonds is 2. The van der Waals surface area contributed by atoms with Crippen molar-refractivity contribution in [3.8, 4) is 0 Å². The molecule has 0 unspecified atom stereocenters. The Kier molecular flexibility index (Phi) is 4.53. The number of halogens is 3. The molecule has 0 atom stereocenters. The molecule has 1 aliphatic rings. The van der Waals surface area contributed by atoms with Gasteiger partial charge in [0.2, 0.25) is 10.0 Å². The smallest absolute Gasteiger partial charge is 0.246 e. The third-order valence-corrected chi connectivity index (χ3v) is 6.97. The van der Waals surface area contributed by atoms with Gasteiger partial charge in [0.25, 0.3) is 0 Å². The summed E-state index contributed by atoms with van der Waals surface area (Å²) in [5, 5.41) is 0.279. The zero-order chi connectivity index (χ0) is 15.9. The van der Waals surface area contributed by atoms with Crippen molar-refractivity contribution in [2.45, 2.75) is 4.90 Å². The summed E-state index contributed by atoms with van der Waals surface area (Å²) in [5.41, 5.74) is 0.00236. The van der Waals surface area contributed by atoms with E-state index < -0.39 is 15.8 Å².